The standard InChI is InChI=1S/C15H25N3O/c1-9(2)12-6-18(7-13(12)16)8-14-11(4)15(19)10(3)5-17-14/h5,9,12-13H,6-8,16H2,1-4H3,(H,17,19)/t12-,13+/m1/s1. The number of H-pyrrole nitrogens is 1. The van der Waals surface area contributed by atoms with Gasteiger partial charge in [-0.05, 0) is 25.7 Å². The van der Waals surface area contributed by atoms with Crippen molar-refractivity contribution in [2.75, 3.05) is 13.1 Å². The number of nitrogens with zero attached hydrogens (tertiary/aromatic N) is 1. The highest BCUT2D eigenvalue weighted by molar-refractivity contribution is 5.23. The first-order valence-electron chi connectivity index (χ1n) is 7.05. The number of nitrogens with one attached hydrogen (secondary N) is 1. The molecule has 1 aliphatic heterocycles. The molecule has 0 unspecified atom stereocenters. The highest BCUT2D eigenvalue weighted by Gasteiger charge is 2.32. The maximum absolute atomic E-state index is 11.9. The van der Waals surface area contributed by atoms with Crippen molar-refractivity contribution in [1.82, 2.24) is 9.88 Å². The minimum absolute atomic E-state index is 0.151. The van der Waals surface area contributed by atoms with E-state index in [-0.39, 0.29) is 11.5 Å². The predicted octanol–water partition coefficient (Wildman–Crippen LogP) is 1.41. The molecule has 1 aromatic rings. The van der Waals surface area contributed by atoms with Crippen molar-refractivity contribution < 1.29 is 0 Å². The first kappa shape index (κ1) is 14.3. The molecule has 1 aliphatic rings. The molecule has 4 nitrogen and oxygen atoms in total. The van der Waals surface area contributed by atoms with Crippen molar-refractivity contribution in [3.05, 3.63) is 33.2 Å². The number of likely N-dealkylation sites (tertiary alicyclic amines) is 1. The maximum atomic E-state index is 11.9. The molecule has 3 N–H and O–H groups in total. The Morgan fingerprint density at radius 3 is 2.68 bits per heavy atom. The Morgan fingerprint density at radius 2 is 2.11 bits per heavy atom. The van der Waals surface area contributed by atoms with Crippen molar-refractivity contribution in [2.45, 2.75) is 40.3 Å². The van der Waals surface area contributed by atoms with Crippen molar-refractivity contribution >= 4 is 0 Å². The molecule has 2 rings (SSSR count). The van der Waals surface area contributed by atoms with Crippen LogP contribution in [0.4, 0.5) is 0 Å². The topological polar surface area (TPSA) is 62.1 Å². The highest BCUT2D eigenvalue weighted by atomic mass is 16.1. The normalized spacial score (nSPS) is 24.3. The van der Waals surface area contributed by atoms with Gasteiger partial charge < -0.3 is 10.7 Å². The van der Waals surface area contributed by atoms with Crippen LogP contribution >= 0.6 is 0 Å². The minimum Gasteiger partial charge on any atom is -0.363 e. The number of rotatable bonds is 3. The number of pyridine rings is 1. The first-order valence-corrected chi connectivity index (χ1v) is 7.05. The van der Waals surface area contributed by atoms with Gasteiger partial charge in [0.05, 0.1) is 0 Å². The molecular weight excluding hydrogens is 238 g/mol. The number of aromatic nitrogens is 1. The Hall–Kier alpha value is -1.13. The molecule has 1 fully saturated rings. The van der Waals surface area contributed by atoms with Gasteiger partial charge in [0, 0.05) is 48.7 Å². The largest absolute Gasteiger partial charge is 0.363 e. The molecule has 0 radical (unpaired) electrons. The highest BCUT2D eigenvalue weighted by Crippen LogP contribution is 2.24. The second-order valence-corrected chi connectivity index (χ2v) is 6.17. The number of aryl methyl sites for hydroxylation is 1. The van der Waals surface area contributed by atoms with Crippen LogP contribution in [-0.4, -0.2) is 29.0 Å². The zero-order valence-corrected chi connectivity index (χ0v) is 12.4. The Bertz CT molecular complexity index is 507. The van der Waals surface area contributed by atoms with Crippen LogP contribution in [0.2, 0.25) is 0 Å². The molecule has 0 aromatic carbocycles. The zero-order chi connectivity index (χ0) is 14.2. The van der Waals surface area contributed by atoms with Gasteiger partial charge in [-0.3, -0.25) is 9.69 Å². The lowest BCUT2D eigenvalue weighted by molar-refractivity contribution is 0.293. The van der Waals surface area contributed by atoms with Gasteiger partial charge >= 0.3 is 0 Å². The lowest BCUT2D eigenvalue weighted by Gasteiger charge is -2.19. The molecule has 19 heavy (non-hydrogen) atoms. The third-order valence-corrected chi connectivity index (χ3v) is 4.34. The van der Waals surface area contributed by atoms with Crippen LogP contribution in [0, 0.1) is 25.7 Å². The Kier molecular flexibility index (Phi) is 4.11. The fourth-order valence-electron chi connectivity index (χ4n) is 2.97. The summed E-state index contributed by atoms with van der Waals surface area (Å²) in [6, 6.07) is 0.248. The van der Waals surface area contributed by atoms with Crippen LogP contribution in [0.1, 0.15) is 30.7 Å². The summed E-state index contributed by atoms with van der Waals surface area (Å²) in [5.74, 6) is 1.16. The third kappa shape index (κ3) is 2.90. The number of hydrogen-bond donors (Lipinski definition) is 2. The molecule has 0 aliphatic carbocycles. The van der Waals surface area contributed by atoms with Crippen LogP contribution in [0.15, 0.2) is 11.0 Å². The first-order chi connectivity index (χ1) is 8.90. The fraction of sp³-hybridized carbons (Fsp3) is 0.667. The summed E-state index contributed by atoms with van der Waals surface area (Å²) in [7, 11) is 0. The number of hydrogen-bond acceptors (Lipinski definition) is 3. The van der Waals surface area contributed by atoms with Gasteiger partial charge in [0.2, 0.25) is 0 Å². The summed E-state index contributed by atoms with van der Waals surface area (Å²) in [5, 5.41) is 0. The summed E-state index contributed by atoms with van der Waals surface area (Å²) in [6.45, 7) is 10.9. The van der Waals surface area contributed by atoms with Crippen molar-refractivity contribution in [2.24, 2.45) is 17.6 Å². The van der Waals surface area contributed by atoms with Crippen LogP contribution in [0.5, 0.6) is 0 Å². The molecule has 0 amide bonds. The van der Waals surface area contributed by atoms with E-state index in [2.05, 4.69) is 23.7 Å². The quantitative estimate of drug-likeness (QED) is 0.866. The molecule has 0 spiro atoms. The number of aromatic amines is 1. The van der Waals surface area contributed by atoms with Gasteiger partial charge in [0.15, 0.2) is 5.43 Å². The van der Waals surface area contributed by atoms with E-state index in [1.165, 1.54) is 0 Å². The summed E-state index contributed by atoms with van der Waals surface area (Å²) in [4.78, 5) is 17.5. The molecule has 106 valence electrons. The van der Waals surface area contributed by atoms with E-state index in [4.69, 9.17) is 5.73 Å². The molecule has 0 saturated carbocycles. The molecule has 1 saturated heterocycles. The van der Waals surface area contributed by atoms with Crippen molar-refractivity contribution in [3.8, 4) is 0 Å². The van der Waals surface area contributed by atoms with Crippen LogP contribution in [0.25, 0.3) is 0 Å². The molecule has 0 bridgehead atoms. The summed E-state index contributed by atoms with van der Waals surface area (Å²) in [5.41, 5.74) is 8.99. The van der Waals surface area contributed by atoms with Gasteiger partial charge in [-0.1, -0.05) is 13.8 Å². The second-order valence-electron chi connectivity index (χ2n) is 6.17. The van der Waals surface area contributed by atoms with E-state index in [0.717, 1.165) is 36.5 Å². The predicted molar refractivity (Wildman–Crippen MR) is 78.1 cm³/mol. The van der Waals surface area contributed by atoms with Crippen LogP contribution in [-0.2, 0) is 6.54 Å². The summed E-state index contributed by atoms with van der Waals surface area (Å²) in [6.07, 6.45) is 1.81. The number of nitrogens with two attached hydrogens (primary N) is 1. The van der Waals surface area contributed by atoms with Crippen LogP contribution in [0.3, 0.4) is 0 Å². The summed E-state index contributed by atoms with van der Waals surface area (Å²) < 4.78 is 0. The van der Waals surface area contributed by atoms with E-state index < -0.39 is 0 Å². The minimum atomic E-state index is 0.151. The van der Waals surface area contributed by atoms with E-state index in [9.17, 15) is 4.79 Å². The lowest BCUT2D eigenvalue weighted by atomic mass is 9.92. The van der Waals surface area contributed by atoms with Crippen LogP contribution < -0.4 is 11.2 Å². The zero-order valence-electron chi connectivity index (χ0n) is 12.4. The molecule has 2 heterocycles. The lowest BCUT2D eigenvalue weighted by Crippen LogP contribution is -2.32. The van der Waals surface area contributed by atoms with E-state index in [1.807, 2.05) is 13.8 Å². The van der Waals surface area contributed by atoms with Gasteiger partial charge in [0.1, 0.15) is 0 Å². The SMILES string of the molecule is Cc1c[nH]c(CN2C[C@H](C(C)C)[C@@H](N)C2)c(C)c1=O. The third-order valence-electron chi connectivity index (χ3n) is 4.34. The molecule has 2 atom stereocenters. The van der Waals surface area contributed by atoms with E-state index >= 15 is 0 Å². The fourth-order valence-corrected chi connectivity index (χ4v) is 2.97. The van der Waals surface area contributed by atoms with Crippen molar-refractivity contribution in [3.63, 3.8) is 0 Å². The molecular formula is C15H25N3O. The maximum Gasteiger partial charge on any atom is 0.187 e. The van der Waals surface area contributed by atoms with E-state index in [0.29, 0.717) is 11.8 Å². The second kappa shape index (κ2) is 5.47. The monoisotopic (exact) mass is 263 g/mol. The van der Waals surface area contributed by atoms with Gasteiger partial charge in [-0.25, -0.2) is 0 Å². The molecule has 1 aromatic heterocycles. The summed E-state index contributed by atoms with van der Waals surface area (Å²) >= 11 is 0. The van der Waals surface area contributed by atoms with Gasteiger partial charge in [-0.15, -0.1) is 0 Å². The van der Waals surface area contributed by atoms with E-state index in [1.54, 1.807) is 6.20 Å². The van der Waals surface area contributed by atoms with Crippen molar-refractivity contribution in [1.29, 1.82) is 0 Å². The van der Waals surface area contributed by atoms with Gasteiger partial charge in [0.25, 0.3) is 0 Å². The van der Waals surface area contributed by atoms with Gasteiger partial charge in [-0.2, -0.15) is 0 Å². The average molecular weight is 263 g/mol. The Morgan fingerprint density at radius 1 is 1.42 bits per heavy atom. The Balaban J connectivity index is 2.11. The average Bonchev–Trinajstić information content (AvgIpc) is 2.71. The smallest absolute Gasteiger partial charge is 0.187 e. The molecule has 4 heteroatoms. The Labute approximate surface area is 115 Å².